The lowest BCUT2D eigenvalue weighted by molar-refractivity contribution is 0.356. The van der Waals surface area contributed by atoms with Crippen molar-refractivity contribution in [2.24, 2.45) is 0 Å². The minimum Gasteiger partial charge on any atom is -0.493 e. The number of thiazole rings is 1. The van der Waals surface area contributed by atoms with Crippen molar-refractivity contribution < 1.29 is 9.47 Å². The Balaban J connectivity index is 1.57. The highest BCUT2D eigenvalue weighted by Gasteiger charge is 2.15. The maximum Gasteiger partial charge on any atom is 0.170 e. The van der Waals surface area contributed by atoms with E-state index in [9.17, 15) is 0 Å². The number of nitrogens with zero attached hydrogens (tertiary/aromatic N) is 3. The summed E-state index contributed by atoms with van der Waals surface area (Å²) in [4.78, 5) is 4.77. The lowest BCUT2D eigenvalue weighted by Crippen LogP contribution is -1.93. The molecule has 0 saturated carbocycles. The number of para-hydroxylation sites is 1. The average Bonchev–Trinajstić information content (AvgIpc) is 3.20. The Labute approximate surface area is 165 Å². The van der Waals surface area contributed by atoms with Crippen LogP contribution in [0.25, 0.3) is 21.3 Å². The van der Waals surface area contributed by atoms with Gasteiger partial charge in [-0.1, -0.05) is 42.1 Å². The number of hydrogen-bond acceptors (Lipinski definition) is 7. The van der Waals surface area contributed by atoms with Crippen LogP contribution in [-0.2, 0) is 5.75 Å². The molecule has 2 aromatic heterocycles. The van der Waals surface area contributed by atoms with E-state index in [0.717, 1.165) is 37.8 Å². The van der Waals surface area contributed by atoms with Crippen molar-refractivity contribution in [3.8, 4) is 22.1 Å². The maximum absolute atomic E-state index is 5.53. The van der Waals surface area contributed by atoms with E-state index in [0.29, 0.717) is 11.5 Å². The summed E-state index contributed by atoms with van der Waals surface area (Å²) >= 11 is 3.24. The number of ether oxygens (including phenoxy) is 2. The summed E-state index contributed by atoms with van der Waals surface area (Å²) < 4.78 is 10.9. The molecule has 0 atom stereocenters. The van der Waals surface area contributed by atoms with E-state index < -0.39 is 0 Å². The predicted octanol–water partition coefficient (Wildman–Crippen LogP) is 5.06. The van der Waals surface area contributed by atoms with Crippen LogP contribution in [0, 0.1) is 0 Å². The van der Waals surface area contributed by atoms with E-state index >= 15 is 0 Å². The highest BCUT2D eigenvalue weighted by atomic mass is 32.2. The third-order valence-electron chi connectivity index (χ3n) is 4.08. The topological polar surface area (TPSA) is 57.1 Å². The molecule has 0 radical (unpaired) electrons. The van der Waals surface area contributed by atoms with Crippen molar-refractivity contribution in [3.63, 3.8) is 0 Å². The number of hydrogen-bond donors (Lipinski definition) is 0. The quantitative estimate of drug-likeness (QED) is 0.425. The smallest absolute Gasteiger partial charge is 0.170 e. The summed E-state index contributed by atoms with van der Waals surface area (Å²) in [6, 6.07) is 14.0. The van der Waals surface area contributed by atoms with E-state index in [4.69, 9.17) is 14.5 Å². The number of fused-ring (bicyclic) bond motifs is 1. The first-order valence-corrected chi connectivity index (χ1v) is 10.2. The normalized spacial score (nSPS) is 10.9. The largest absolute Gasteiger partial charge is 0.493 e. The van der Waals surface area contributed by atoms with Gasteiger partial charge >= 0.3 is 0 Å². The van der Waals surface area contributed by atoms with E-state index in [1.807, 2.05) is 36.4 Å². The Hall–Kier alpha value is -2.64. The van der Waals surface area contributed by atoms with Gasteiger partial charge in [0.05, 0.1) is 31.7 Å². The monoisotopic (exact) mass is 395 g/mol. The highest BCUT2D eigenvalue weighted by molar-refractivity contribution is 7.98. The molecule has 0 spiro atoms. The van der Waals surface area contributed by atoms with Gasteiger partial charge in [0.25, 0.3) is 0 Å². The van der Waals surface area contributed by atoms with Gasteiger partial charge in [0, 0.05) is 21.9 Å². The second kappa shape index (κ2) is 7.94. The zero-order valence-corrected chi connectivity index (χ0v) is 16.5. The SMILES string of the molecule is COc1cccc(-c2nc(CSc3nncc4ccccc34)cs2)c1OC. The predicted molar refractivity (Wildman–Crippen MR) is 110 cm³/mol. The lowest BCUT2D eigenvalue weighted by Gasteiger charge is -2.10. The summed E-state index contributed by atoms with van der Waals surface area (Å²) in [6.45, 7) is 0. The molecule has 136 valence electrons. The first kappa shape index (κ1) is 17.8. The molecule has 0 aliphatic rings. The fraction of sp³-hybridized carbons (Fsp3) is 0.150. The molecular formula is C20H17N3O2S2. The fourth-order valence-corrected chi connectivity index (χ4v) is 4.63. The molecule has 0 saturated heterocycles. The Morgan fingerprint density at radius 2 is 1.93 bits per heavy atom. The van der Waals surface area contributed by atoms with Crippen LogP contribution in [-0.4, -0.2) is 29.4 Å². The van der Waals surface area contributed by atoms with Crippen molar-refractivity contribution in [2.45, 2.75) is 10.8 Å². The van der Waals surface area contributed by atoms with Crippen molar-refractivity contribution in [1.82, 2.24) is 15.2 Å². The molecule has 0 unspecified atom stereocenters. The van der Waals surface area contributed by atoms with Gasteiger partial charge in [-0.25, -0.2) is 4.98 Å². The summed E-state index contributed by atoms with van der Waals surface area (Å²) in [5, 5.41) is 14.5. The zero-order valence-electron chi connectivity index (χ0n) is 14.9. The van der Waals surface area contributed by atoms with Gasteiger partial charge in [0.15, 0.2) is 11.5 Å². The minimum atomic E-state index is 0.701. The van der Waals surface area contributed by atoms with E-state index in [2.05, 4.69) is 21.6 Å². The minimum absolute atomic E-state index is 0.701. The number of benzene rings is 2. The fourth-order valence-electron chi connectivity index (χ4n) is 2.80. The molecule has 27 heavy (non-hydrogen) atoms. The van der Waals surface area contributed by atoms with Gasteiger partial charge in [-0.05, 0) is 12.1 Å². The number of rotatable bonds is 6. The second-order valence-corrected chi connectivity index (χ2v) is 7.53. The zero-order chi connectivity index (χ0) is 18.6. The van der Waals surface area contributed by atoms with Gasteiger partial charge < -0.3 is 9.47 Å². The van der Waals surface area contributed by atoms with E-state index in [1.165, 1.54) is 0 Å². The van der Waals surface area contributed by atoms with Crippen LogP contribution in [0.3, 0.4) is 0 Å². The van der Waals surface area contributed by atoms with Crippen LogP contribution in [0.2, 0.25) is 0 Å². The summed E-state index contributed by atoms with van der Waals surface area (Å²) in [6.07, 6.45) is 1.79. The molecule has 0 bridgehead atoms. The molecule has 0 fully saturated rings. The Kier molecular flexibility index (Phi) is 5.22. The van der Waals surface area contributed by atoms with Crippen LogP contribution < -0.4 is 9.47 Å². The van der Waals surface area contributed by atoms with Crippen LogP contribution in [0.1, 0.15) is 5.69 Å². The molecule has 2 aromatic carbocycles. The average molecular weight is 396 g/mol. The van der Waals surface area contributed by atoms with Gasteiger partial charge in [0.2, 0.25) is 0 Å². The van der Waals surface area contributed by atoms with Crippen LogP contribution in [0.5, 0.6) is 11.5 Å². The van der Waals surface area contributed by atoms with Gasteiger partial charge in [-0.15, -0.1) is 16.4 Å². The second-order valence-electron chi connectivity index (χ2n) is 5.71. The molecule has 5 nitrogen and oxygen atoms in total. The van der Waals surface area contributed by atoms with Crippen LogP contribution in [0.15, 0.2) is 59.1 Å². The van der Waals surface area contributed by atoms with Gasteiger partial charge in [-0.3, -0.25) is 0 Å². The molecular weight excluding hydrogens is 378 g/mol. The van der Waals surface area contributed by atoms with Crippen LogP contribution >= 0.6 is 23.1 Å². The molecule has 4 aromatic rings. The van der Waals surface area contributed by atoms with Crippen molar-refractivity contribution >= 4 is 33.9 Å². The summed E-state index contributed by atoms with van der Waals surface area (Å²) in [7, 11) is 3.28. The summed E-state index contributed by atoms with van der Waals surface area (Å²) in [5.74, 6) is 2.13. The molecule has 0 N–H and O–H groups in total. The first-order valence-electron chi connectivity index (χ1n) is 8.29. The maximum atomic E-state index is 5.53. The highest BCUT2D eigenvalue weighted by Crippen LogP contribution is 2.39. The Morgan fingerprint density at radius 1 is 1.04 bits per heavy atom. The molecule has 4 rings (SSSR count). The molecule has 2 heterocycles. The lowest BCUT2D eigenvalue weighted by atomic mass is 10.2. The van der Waals surface area contributed by atoms with Crippen molar-refractivity contribution in [1.29, 1.82) is 0 Å². The number of aromatic nitrogens is 3. The number of thioether (sulfide) groups is 1. The molecule has 7 heteroatoms. The van der Waals surface area contributed by atoms with E-state index in [1.54, 1.807) is 43.5 Å². The third-order valence-corrected chi connectivity index (χ3v) is 6.02. The Morgan fingerprint density at radius 3 is 2.78 bits per heavy atom. The van der Waals surface area contributed by atoms with Crippen molar-refractivity contribution in [2.75, 3.05) is 14.2 Å². The summed E-state index contributed by atoms with van der Waals surface area (Å²) in [5.41, 5.74) is 1.93. The van der Waals surface area contributed by atoms with Gasteiger partial charge in [-0.2, -0.15) is 5.10 Å². The first-order chi connectivity index (χ1) is 13.3. The molecule has 0 aliphatic heterocycles. The Bertz CT molecular complexity index is 1080. The third kappa shape index (κ3) is 3.61. The molecule has 0 amide bonds. The number of methoxy groups -OCH3 is 2. The van der Waals surface area contributed by atoms with Gasteiger partial charge in [0.1, 0.15) is 10.0 Å². The van der Waals surface area contributed by atoms with E-state index in [-0.39, 0.29) is 0 Å². The molecule has 0 aliphatic carbocycles. The standard InChI is InChI=1S/C20H17N3O2S2/c1-24-17-9-5-8-16(18(17)25-2)19-22-14(11-26-19)12-27-20-15-7-4-3-6-13(15)10-21-23-20/h3-11H,12H2,1-2H3. The van der Waals surface area contributed by atoms with Crippen molar-refractivity contribution in [3.05, 3.63) is 59.7 Å². The van der Waals surface area contributed by atoms with Crippen LogP contribution in [0.4, 0.5) is 0 Å².